The predicted octanol–water partition coefficient (Wildman–Crippen LogP) is 1.41. The van der Waals surface area contributed by atoms with Gasteiger partial charge in [-0.15, -0.1) is 4.37 Å². The molecule has 0 unspecified atom stereocenters. The molecule has 0 saturated carbocycles. The lowest BCUT2D eigenvalue weighted by Gasteiger charge is -2.47. The second kappa shape index (κ2) is 6.16. The number of hydroxylamine groups is 2. The van der Waals surface area contributed by atoms with E-state index in [-0.39, 0.29) is 17.2 Å². The van der Waals surface area contributed by atoms with Gasteiger partial charge in [-0.1, -0.05) is 5.06 Å². The Bertz CT molecular complexity index is 525. The minimum absolute atomic E-state index is 0.0466. The van der Waals surface area contributed by atoms with E-state index in [0.717, 1.165) is 31.7 Å². The molecule has 2 aliphatic heterocycles. The number of aromatic nitrogens is 2. The zero-order chi connectivity index (χ0) is 16.7. The maximum absolute atomic E-state index is 8.35. The molecular formula is C15H27N4O3S+. The molecule has 0 aliphatic carbocycles. The molecule has 1 aromatic rings. The van der Waals surface area contributed by atoms with E-state index in [2.05, 4.69) is 41.3 Å². The van der Waals surface area contributed by atoms with Crippen LogP contribution in [-0.4, -0.2) is 62.5 Å². The number of piperidine rings is 1. The summed E-state index contributed by atoms with van der Waals surface area (Å²) < 4.78 is 20.4. The first kappa shape index (κ1) is 16.9. The van der Waals surface area contributed by atoms with Crippen LogP contribution < -0.4 is 9.64 Å². The summed E-state index contributed by atoms with van der Waals surface area (Å²) in [6.45, 7) is 11.5. The van der Waals surface area contributed by atoms with Crippen LogP contribution in [0.5, 0.6) is 5.88 Å². The summed E-state index contributed by atoms with van der Waals surface area (Å²) in [4.78, 5) is 2.18. The van der Waals surface area contributed by atoms with Gasteiger partial charge in [0.1, 0.15) is 6.10 Å². The molecule has 2 aliphatic rings. The van der Waals surface area contributed by atoms with E-state index in [0.29, 0.717) is 19.1 Å². The molecule has 0 spiro atoms. The Morgan fingerprint density at radius 2 is 1.74 bits per heavy atom. The van der Waals surface area contributed by atoms with Crippen molar-refractivity contribution in [2.45, 2.75) is 57.7 Å². The monoisotopic (exact) mass is 343 g/mol. The fourth-order valence-corrected chi connectivity index (χ4v) is 4.16. The number of rotatable bonds is 3. The van der Waals surface area contributed by atoms with Gasteiger partial charge in [-0.25, -0.2) is 0 Å². The highest BCUT2D eigenvalue weighted by molar-refractivity contribution is 6.99. The van der Waals surface area contributed by atoms with E-state index < -0.39 is 0 Å². The van der Waals surface area contributed by atoms with E-state index in [4.69, 9.17) is 14.7 Å². The Labute approximate surface area is 141 Å². The lowest BCUT2D eigenvalue weighted by molar-refractivity contribution is -0.255. The summed E-state index contributed by atoms with van der Waals surface area (Å²) in [5.41, 5.74) is -0.454. The molecule has 0 atom stereocenters. The smallest absolute Gasteiger partial charge is 0.271 e. The highest BCUT2D eigenvalue weighted by atomic mass is 32.1. The zero-order valence-electron chi connectivity index (χ0n) is 14.3. The van der Waals surface area contributed by atoms with Crippen molar-refractivity contribution in [3.8, 4) is 5.88 Å². The SMILES string of the molecule is CC1(C)CC(Oc2nsnc2N2CCOCC2)CC(C)(C)N1[OH2+]. The van der Waals surface area contributed by atoms with Crippen molar-refractivity contribution in [2.75, 3.05) is 31.2 Å². The van der Waals surface area contributed by atoms with Gasteiger partial charge in [-0.2, -0.15) is 4.37 Å². The molecule has 0 bridgehead atoms. The molecule has 1 aromatic heterocycles. The zero-order valence-corrected chi connectivity index (χ0v) is 15.2. The van der Waals surface area contributed by atoms with Crippen LogP contribution in [-0.2, 0) is 4.74 Å². The average molecular weight is 343 g/mol. The third-order valence-corrected chi connectivity index (χ3v) is 5.20. The number of ether oxygens (including phenoxy) is 2. The van der Waals surface area contributed by atoms with E-state index in [1.165, 1.54) is 11.7 Å². The van der Waals surface area contributed by atoms with Gasteiger partial charge in [-0.05, 0) is 27.7 Å². The van der Waals surface area contributed by atoms with Gasteiger partial charge in [0, 0.05) is 25.9 Å². The van der Waals surface area contributed by atoms with Crippen molar-refractivity contribution >= 4 is 17.5 Å². The van der Waals surface area contributed by atoms with Gasteiger partial charge in [0.05, 0.1) is 36.0 Å². The van der Waals surface area contributed by atoms with E-state index in [1.54, 1.807) is 5.06 Å². The van der Waals surface area contributed by atoms with Crippen LogP contribution in [0.3, 0.4) is 0 Å². The number of hydrogen-bond donors (Lipinski definition) is 0. The molecule has 0 aromatic carbocycles. The second-order valence-electron chi connectivity index (χ2n) is 7.60. The summed E-state index contributed by atoms with van der Waals surface area (Å²) in [5.74, 6) is 1.47. The number of hydrogen-bond acceptors (Lipinski definition) is 7. The van der Waals surface area contributed by atoms with Gasteiger partial charge in [0.15, 0.2) is 0 Å². The molecule has 0 amide bonds. The molecule has 8 heteroatoms. The maximum Gasteiger partial charge on any atom is 0.271 e. The Morgan fingerprint density at radius 3 is 2.35 bits per heavy atom. The molecule has 130 valence electrons. The Hall–Kier alpha value is -0.960. The van der Waals surface area contributed by atoms with Crippen molar-refractivity contribution in [1.29, 1.82) is 0 Å². The summed E-state index contributed by atoms with van der Waals surface area (Å²) in [5, 5.41) is 10.1. The summed E-state index contributed by atoms with van der Waals surface area (Å²) in [6.07, 6.45) is 1.66. The summed E-state index contributed by atoms with van der Waals surface area (Å²) in [6, 6.07) is 0. The average Bonchev–Trinajstić information content (AvgIpc) is 2.93. The molecule has 3 rings (SSSR count). The van der Waals surface area contributed by atoms with Crippen molar-refractivity contribution < 1.29 is 14.7 Å². The number of morpholine rings is 1. The highest BCUT2D eigenvalue weighted by Crippen LogP contribution is 2.39. The fraction of sp³-hybridized carbons (Fsp3) is 0.867. The third-order valence-electron chi connectivity index (χ3n) is 4.70. The first-order chi connectivity index (χ1) is 10.8. The third kappa shape index (κ3) is 3.45. The standard InChI is InChI=1S/C15H26N4O3S/c1-14(2)9-11(10-15(3,4)19(14)20)22-13-12(16-23-17-13)18-5-7-21-8-6-18/h11,20H,5-10H2,1-4H3/p+1. The number of anilines is 1. The first-order valence-corrected chi connectivity index (χ1v) is 8.86. The molecule has 3 heterocycles. The van der Waals surface area contributed by atoms with Crippen molar-refractivity contribution in [2.24, 2.45) is 0 Å². The summed E-state index contributed by atoms with van der Waals surface area (Å²) >= 11 is 1.19. The Balaban J connectivity index is 1.74. The van der Waals surface area contributed by atoms with Gasteiger partial charge >= 0.3 is 0 Å². The van der Waals surface area contributed by atoms with Crippen molar-refractivity contribution in [3.05, 3.63) is 0 Å². The molecule has 2 fully saturated rings. The second-order valence-corrected chi connectivity index (χ2v) is 8.13. The van der Waals surface area contributed by atoms with Gasteiger partial charge in [0.2, 0.25) is 5.82 Å². The maximum atomic E-state index is 8.35. The predicted molar refractivity (Wildman–Crippen MR) is 90.2 cm³/mol. The van der Waals surface area contributed by atoms with Gasteiger partial charge < -0.3 is 19.6 Å². The van der Waals surface area contributed by atoms with Crippen molar-refractivity contribution in [3.63, 3.8) is 0 Å². The molecular weight excluding hydrogens is 316 g/mol. The van der Waals surface area contributed by atoms with E-state index >= 15 is 0 Å². The molecule has 0 radical (unpaired) electrons. The van der Waals surface area contributed by atoms with Crippen LogP contribution in [0.1, 0.15) is 40.5 Å². The Kier molecular flexibility index (Phi) is 4.52. The fourth-order valence-electron chi connectivity index (χ4n) is 3.65. The van der Waals surface area contributed by atoms with Crippen LogP contribution >= 0.6 is 11.7 Å². The summed E-state index contributed by atoms with van der Waals surface area (Å²) in [7, 11) is 0. The minimum Gasteiger partial charge on any atom is -0.471 e. The lowest BCUT2D eigenvalue weighted by atomic mass is 9.80. The Morgan fingerprint density at radius 1 is 1.13 bits per heavy atom. The normalized spacial score (nSPS) is 25.5. The molecule has 23 heavy (non-hydrogen) atoms. The topological polar surface area (TPSA) is 73.6 Å². The van der Waals surface area contributed by atoms with Crippen LogP contribution in [0.2, 0.25) is 0 Å². The van der Waals surface area contributed by atoms with E-state index in [1.807, 2.05) is 0 Å². The lowest BCUT2D eigenvalue weighted by Crippen LogP contribution is -2.61. The van der Waals surface area contributed by atoms with Crippen LogP contribution in [0.4, 0.5) is 5.82 Å². The minimum atomic E-state index is -0.227. The molecule has 7 nitrogen and oxygen atoms in total. The quantitative estimate of drug-likeness (QED) is 0.773. The van der Waals surface area contributed by atoms with Crippen LogP contribution in [0, 0.1) is 0 Å². The molecule has 2 saturated heterocycles. The number of nitrogens with zero attached hydrogens (tertiary/aromatic N) is 4. The van der Waals surface area contributed by atoms with Crippen LogP contribution in [0.25, 0.3) is 0 Å². The first-order valence-electron chi connectivity index (χ1n) is 8.13. The highest BCUT2D eigenvalue weighted by Gasteiger charge is 2.49. The largest absolute Gasteiger partial charge is 0.471 e. The molecule has 2 N–H and O–H groups in total. The van der Waals surface area contributed by atoms with Crippen LogP contribution in [0.15, 0.2) is 0 Å². The van der Waals surface area contributed by atoms with E-state index in [9.17, 15) is 0 Å². The van der Waals surface area contributed by atoms with Gasteiger partial charge in [-0.3, -0.25) is 0 Å². The van der Waals surface area contributed by atoms with Crippen molar-refractivity contribution in [1.82, 2.24) is 13.8 Å². The van der Waals surface area contributed by atoms with Gasteiger partial charge in [0.25, 0.3) is 5.88 Å².